The molecule has 1 aliphatic heterocycles. The van der Waals surface area contributed by atoms with E-state index in [4.69, 9.17) is 4.74 Å². The molecular weight excluding hydrogens is 366 g/mol. The van der Waals surface area contributed by atoms with Gasteiger partial charge in [-0.25, -0.2) is 0 Å². The summed E-state index contributed by atoms with van der Waals surface area (Å²) >= 11 is 0. The molecule has 5 nitrogen and oxygen atoms in total. The highest BCUT2D eigenvalue weighted by Gasteiger charge is 2.43. The molecule has 29 heavy (non-hydrogen) atoms. The number of aromatic nitrogens is 1. The standard InChI is InChI=1S/C24H29NO4/c1-3-16-8-10-17(11-9-16)12-18-13-25(20-7-5-4-6-19(18)20)24-23(28)22(27)15(2)21(14-26)29-24/h4-11,13,15,21-24,26-28H,3,12,14H2,1-2H3/t15-,21-,22?,23-,24?/m1/s1. The van der Waals surface area contributed by atoms with Gasteiger partial charge in [-0.3, -0.25) is 0 Å². The van der Waals surface area contributed by atoms with E-state index >= 15 is 0 Å². The highest BCUT2D eigenvalue weighted by atomic mass is 16.5. The molecule has 0 bridgehead atoms. The Bertz CT molecular complexity index is 963. The number of hydrogen-bond donors (Lipinski definition) is 3. The predicted octanol–water partition coefficient (Wildman–Crippen LogP) is 3.04. The Hall–Kier alpha value is -2.18. The lowest BCUT2D eigenvalue weighted by Crippen LogP contribution is -2.52. The molecule has 3 aromatic rings. The van der Waals surface area contributed by atoms with Gasteiger partial charge in [0.1, 0.15) is 6.10 Å². The highest BCUT2D eigenvalue weighted by molar-refractivity contribution is 5.84. The van der Waals surface area contributed by atoms with Crippen molar-refractivity contribution in [3.8, 4) is 0 Å². The number of ether oxygens (including phenoxy) is 1. The molecule has 3 N–H and O–H groups in total. The van der Waals surface area contributed by atoms with E-state index in [2.05, 4.69) is 37.3 Å². The van der Waals surface area contributed by atoms with Crippen LogP contribution in [-0.4, -0.2) is 44.8 Å². The van der Waals surface area contributed by atoms with Gasteiger partial charge in [0.05, 0.1) is 24.3 Å². The molecule has 5 atom stereocenters. The van der Waals surface area contributed by atoms with Crippen molar-refractivity contribution in [1.82, 2.24) is 4.57 Å². The van der Waals surface area contributed by atoms with Gasteiger partial charge in [-0.15, -0.1) is 0 Å². The summed E-state index contributed by atoms with van der Waals surface area (Å²) in [5, 5.41) is 32.0. The lowest BCUT2D eigenvalue weighted by Gasteiger charge is -2.41. The van der Waals surface area contributed by atoms with Gasteiger partial charge in [0.2, 0.25) is 0 Å². The minimum Gasteiger partial charge on any atom is -0.394 e. The van der Waals surface area contributed by atoms with Crippen molar-refractivity contribution in [3.63, 3.8) is 0 Å². The molecule has 4 rings (SSSR count). The normalized spacial score (nSPS) is 27.4. The van der Waals surface area contributed by atoms with E-state index in [9.17, 15) is 15.3 Å². The number of para-hydroxylation sites is 1. The first-order chi connectivity index (χ1) is 14.0. The summed E-state index contributed by atoms with van der Waals surface area (Å²) in [6.07, 6.45) is 0.483. The van der Waals surface area contributed by atoms with E-state index in [1.807, 2.05) is 29.0 Å². The largest absolute Gasteiger partial charge is 0.394 e. The van der Waals surface area contributed by atoms with Gasteiger partial charge in [0.15, 0.2) is 6.23 Å². The van der Waals surface area contributed by atoms with Crippen LogP contribution >= 0.6 is 0 Å². The first-order valence-electron chi connectivity index (χ1n) is 10.3. The van der Waals surface area contributed by atoms with Crippen LogP contribution in [0.15, 0.2) is 54.7 Å². The van der Waals surface area contributed by atoms with E-state index in [1.165, 1.54) is 11.1 Å². The Balaban J connectivity index is 1.72. The number of aryl methyl sites for hydroxylation is 1. The third kappa shape index (κ3) is 3.71. The van der Waals surface area contributed by atoms with E-state index in [1.54, 1.807) is 6.92 Å². The molecule has 1 aliphatic rings. The molecule has 5 heteroatoms. The molecule has 2 heterocycles. The summed E-state index contributed by atoms with van der Waals surface area (Å²) in [5.41, 5.74) is 4.61. The number of aliphatic hydroxyl groups excluding tert-OH is 3. The number of aliphatic hydroxyl groups is 3. The zero-order valence-corrected chi connectivity index (χ0v) is 16.9. The van der Waals surface area contributed by atoms with Crippen LogP contribution in [-0.2, 0) is 17.6 Å². The van der Waals surface area contributed by atoms with E-state index in [-0.39, 0.29) is 12.5 Å². The van der Waals surface area contributed by atoms with Crippen molar-refractivity contribution in [2.45, 2.75) is 51.2 Å². The van der Waals surface area contributed by atoms with E-state index in [0.29, 0.717) is 0 Å². The van der Waals surface area contributed by atoms with Gasteiger partial charge in [0, 0.05) is 17.5 Å². The zero-order valence-electron chi connectivity index (χ0n) is 16.9. The SMILES string of the molecule is CCc1ccc(Cc2cn(C3O[C@H](CO)[C@@H](C)C(O)[C@H]3O)c3ccccc23)cc1. The van der Waals surface area contributed by atoms with Crippen LogP contribution < -0.4 is 0 Å². The monoisotopic (exact) mass is 395 g/mol. The predicted molar refractivity (Wildman–Crippen MR) is 113 cm³/mol. The van der Waals surface area contributed by atoms with Gasteiger partial charge in [-0.05, 0) is 35.6 Å². The second kappa shape index (κ2) is 8.28. The molecule has 0 radical (unpaired) electrons. The first kappa shape index (κ1) is 20.1. The molecule has 2 aromatic carbocycles. The average molecular weight is 395 g/mol. The molecule has 0 aliphatic carbocycles. The Morgan fingerprint density at radius 2 is 1.66 bits per heavy atom. The fraction of sp³-hybridized carbons (Fsp3) is 0.417. The summed E-state index contributed by atoms with van der Waals surface area (Å²) < 4.78 is 7.92. The maximum atomic E-state index is 10.7. The minimum absolute atomic E-state index is 0.197. The number of nitrogens with zero attached hydrogens (tertiary/aromatic N) is 1. The van der Waals surface area contributed by atoms with E-state index < -0.39 is 24.5 Å². The van der Waals surface area contributed by atoms with Gasteiger partial charge < -0.3 is 24.6 Å². The zero-order chi connectivity index (χ0) is 20.5. The molecule has 0 spiro atoms. The second-order valence-electron chi connectivity index (χ2n) is 8.01. The van der Waals surface area contributed by atoms with E-state index in [0.717, 1.165) is 29.3 Å². The molecule has 1 fully saturated rings. The van der Waals surface area contributed by atoms with Crippen molar-refractivity contribution in [2.75, 3.05) is 6.61 Å². The Labute approximate surface area is 171 Å². The maximum Gasteiger partial charge on any atom is 0.163 e. The van der Waals surface area contributed by atoms with Crippen molar-refractivity contribution < 1.29 is 20.1 Å². The summed E-state index contributed by atoms with van der Waals surface area (Å²) in [4.78, 5) is 0. The molecule has 2 unspecified atom stereocenters. The number of rotatable bonds is 5. The number of benzene rings is 2. The van der Waals surface area contributed by atoms with Crippen LogP contribution in [0.4, 0.5) is 0 Å². The van der Waals surface area contributed by atoms with Crippen molar-refractivity contribution in [2.24, 2.45) is 5.92 Å². The molecule has 0 amide bonds. The van der Waals surface area contributed by atoms with Gasteiger partial charge >= 0.3 is 0 Å². The smallest absolute Gasteiger partial charge is 0.163 e. The van der Waals surface area contributed by atoms with Gasteiger partial charge in [0.25, 0.3) is 0 Å². The summed E-state index contributed by atoms with van der Waals surface area (Å²) in [5.74, 6) is -0.343. The van der Waals surface area contributed by atoms with Crippen LogP contribution in [0, 0.1) is 5.92 Å². The number of hydrogen-bond acceptors (Lipinski definition) is 4. The molecule has 0 saturated carbocycles. The Morgan fingerprint density at radius 1 is 0.966 bits per heavy atom. The van der Waals surface area contributed by atoms with Crippen LogP contribution in [0.5, 0.6) is 0 Å². The molecular formula is C24H29NO4. The van der Waals surface area contributed by atoms with Gasteiger partial charge in [-0.2, -0.15) is 0 Å². The second-order valence-corrected chi connectivity index (χ2v) is 8.01. The summed E-state index contributed by atoms with van der Waals surface area (Å²) in [7, 11) is 0. The van der Waals surface area contributed by atoms with Crippen LogP contribution in [0.25, 0.3) is 10.9 Å². The summed E-state index contributed by atoms with van der Waals surface area (Å²) in [6.45, 7) is 3.73. The van der Waals surface area contributed by atoms with Crippen molar-refractivity contribution in [3.05, 3.63) is 71.4 Å². The first-order valence-corrected chi connectivity index (χ1v) is 10.3. The van der Waals surface area contributed by atoms with Crippen LogP contribution in [0.1, 0.15) is 36.8 Å². The summed E-state index contributed by atoms with van der Waals surface area (Å²) in [6, 6.07) is 16.7. The van der Waals surface area contributed by atoms with Crippen molar-refractivity contribution in [1.29, 1.82) is 0 Å². The fourth-order valence-corrected chi connectivity index (χ4v) is 4.26. The van der Waals surface area contributed by atoms with Crippen molar-refractivity contribution >= 4 is 10.9 Å². The quantitative estimate of drug-likeness (QED) is 0.621. The Morgan fingerprint density at radius 3 is 2.34 bits per heavy atom. The third-order valence-corrected chi connectivity index (χ3v) is 6.18. The fourth-order valence-electron chi connectivity index (χ4n) is 4.26. The van der Waals surface area contributed by atoms with Crippen LogP contribution in [0.2, 0.25) is 0 Å². The maximum absolute atomic E-state index is 10.7. The highest BCUT2D eigenvalue weighted by Crippen LogP contribution is 2.35. The minimum atomic E-state index is -1.07. The number of fused-ring (bicyclic) bond motifs is 1. The molecule has 1 aromatic heterocycles. The molecule has 154 valence electrons. The van der Waals surface area contributed by atoms with Crippen LogP contribution in [0.3, 0.4) is 0 Å². The lowest BCUT2D eigenvalue weighted by atomic mass is 9.90. The average Bonchev–Trinajstić information content (AvgIpc) is 3.11. The van der Waals surface area contributed by atoms with Gasteiger partial charge in [-0.1, -0.05) is 56.3 Å². The third-order valence-electron chi connectivity index (χ3n) is 6.18. The lowest BCUT2D eigenvalue weighted by molar-refractivity contribution is -0.228. The topological polar surface area (TPSA) is 74.9 Å². The Kier molecular flexibility index (Phi) is 5.74. The molecule has 1 saturated heterocycles.